The molecule has 11 heavy (non-hydrogen) atoms. The molecule has 0 fully saturated rings. The van der Waals surface area contributed by atoms with E-state index in [4.69, 9.17) is 9.79 Å². The summed E-state index contributed by atoms with van der Waals surface area (Å²) in [6.07, 6.45) is -0.0540. The van der Waals surface area contributed by atoms with Crippen LogP contribution in [0.3, 0.4) is 0 Å². The normalized spacial score (nSPS) is 11.2. The summed E-state index contributed by atoms with van der Waals surface area (Å²) in [5, 5.41) is 2.28. The van der Waals surface area contributed by atoms with E-state index in [1.807, 2.05) is 0 Å². The van der Waals surface area contributed by atoms with Crippen LogP contribution in [0.15, 0.2) is 0 Å². The van der Waals surface area contributed by atoms with Gasteiger partial charge in [0.2, 0.25) is 5.91 Å². The van der Waals surface area contributed by atoms with Gasteiger partial charge in [-0.2, -0.15) is 0 Å². The number of hydrogen-bond donors (Lipinski definition) is 3. The summed E-state index contributed by atoms with van der Waals surface area (Å²) < 4.78 is 14.0. The van der Waals surface area contributed by atoms with E-state index in [0.29, 0.717) is 0 Å². The van der Waals surface area contributed by atoms with Crippen LogP contribution in [-0.4, -0.2) is 29.3 Å². The van der Waals surface area contributed by atoms with E-state index in [1.54, 1.807) is 0 Å². The molecule has 0 unspecified atom stereocenters. The fourth-order valence-corrected chi connectivity index (χ4v) is 0.711. The quantitative estimate of drug-likeness (QED) is 0.497. The van der Waals surface area contributed by atoms with E-state index >= 15 is 0 Å². The van der Waals surface area contributed by atoms with Gasteiger partial charge >= 0.3 is 7.82 Å². The smallest absolute Gasteiger partial charge is 0.359 e. The summed E-state index contributed by atoms with van der Waals surface area (Å²) in [5.41, 5.74) is 0. The van der Waals surface area contributed by atoms with Crippen molar-refractivity contribution in [1.82, 2.24) is 5.32 Å². The summed E-state index contributed by atoms with van der Waals surface area (Å²) in [7, 11) is -2.98. The molecule has 66 valence electrons. The van der Waals surface area contributed by atoms with Gasteiger partial charge in [0.25, 0.3) is 0 Å². The molecule has 0 aliphatic rings. The number of amides is 1. The second-order valence-electron chi connectivity index (χ2n) is 1.75. The highest BCUT2D eigenvalue weighted by Gasteiger charge is 2.13. The Bertz CT molecular complexity index is 175. The summed E-state index contributed by atoms with van der Waals surface area (Å²) >= 11 is 0. The molecule has 0 spiro atoms. The van der Waals surface area contributed by atoms with E-state index < -0.39 is 7.82 Å². The van der Waals surface area contributed by atoms with Gasteiger partial charge in [0.05, 0.1) is 13.0 Å². The maximum Gasteiger partial charge on any atom is 0.469 e. The number of phosphoric acid groups is 1. The molecule has 0 heterocycles. The highest BCUT2D eigenvalue weighted by Crippen LogP contribution is 2.35. The molecule has 7 heteroatoms. The van der Waals surface area contributed by atoms with E-state index in [2.05, 4.69) is 9.84 Å². The van der Waals surface area contributed by atoms with E-state index in [0.717, 1.165) is 0 Å². The number of nitrogens with one attached hydrogen (secondary N) is 1. The van der Waals surface area contributed by atoms with Gasteiger partial charge in [-0.3, -0.25) is 9.32 Å². The Morgan fingerprint density at radius 1 is 1.64 bits per heavy atom. The molecule has 0 aromatic rings. The van der Waals surface area contributed by atoms with Crippen molar-refractivity contribution in [1.29, 1.82) is 0 Å². The van der Waals surface area contributed by atoms with Crippen LogP contribution < -0.4 is 5.32 Å². The van der Waals surface area contributed by atoms with Crippen molar-refractivity contribution in [2.24, 2.45) is 0 Å². The number of carbonyl (C=O) groups excluding carboxylic acids is 1. The first kappa shape index (κ1) is 10.6. The van der Waals surface area contributed by atoms with Crippen molar-refractivity contribution in [3.05, 3.63) is 0 Å². The third kappa shape index (κ3) is 7.48. The van der Waals surface area contributed by atoms with Crippen molar-refractivity contribution in [3.63, 3.8) is 0 Å². The van der Waals surface area contributed by atoms with E-state index in [-0.39, 0.29) is 18.9 Å². The minimum absolute atomic E-state index is 0.0540. The third-order valence-corrected chi connectivity index (χ3v) is 1.39. The zero-order chi connectivity index (χ0) is 8.91. The first-order valence-corrected chi connectivity index (χ1v) is 4.39. The molecule has 0 aliphatic heterocycles. The van der Waals surface area contributed by atoms with Crippen molar-refractivity contribution in [2.45, 2.75) is 6.42 Å². The maximum absolute atomic E-state index is 10.5. The number of phosphoric ester groups is 1. The minimum atomic E-state index is -4.41. The fraction of sp³-hybridized carbons (Fsp3) is 0.750. The van der Waals surface area contributed by atoms with Crippen LogP contribution in [0.1, 0.15) is 6.42 Å². The summed E-state index contributed by atoms with van der Waals surface area (Å²) in [4.78, 5) is 26.8. The average Bonchev–Trinajstić information content (AvgIpc) is 1.85. The zero-order valence-corrected chi connectivity index (χ0v) is 6.88. The fourth-order valence-electron chi connectivity index (χ4n) is 0.382. The molecular formula is C4H10NO5P. The second-order valence-corrected chi connectivity index (χ2v) is 2.99. The van der Waals surface area contributed by atoms with Gasteiger partial charge in [0.1, 0.15) is 0 Å². The Balaban J connectivity index is 3.43. The molecule has 6 nitrogen and oxygen atoms in total. The minimum Gasteiger partial charge on any atom is -0.359 e. The van der Waals surface area contributed by atoms with Crippen LogP contribution in [0.5, 0.6) is 0 Å². The van der Waals surface area contributed by atoms with Gasteiger partial charge in [0.15, 0.2) is 0 Å². The van der Waals surface area contributed by atoms with Crippen LogP contribution in [0.25, 0.3) is 0 Å². The van der Waals surface area contributed by atoms with Gasteiger partial charge in [-0.25, -0.2) is 4.57 Å². The van der Waals surface area contributed by atoms with Crippen LogP contribution in [0.4, 0.5) is 0 Å². The lowest BCUT2D eigenvalue weighted by Crippen LogP contribution is -2.18. The molecule has 0 bridgehead atoms. The van der Waals surface area contributed by atoms with Crippen LogP contribution in [-0.2, 0) is 13.9 Å². The molecule has 0 rings (SSSR count). The average molecular weight is 183 g/mol. The van der Waals surface area contributed by atoms with E-state index in [9.17, 15) is 9.36 Å². The van der Waals surface area contributed by atoms with Gasteiger partial charge in [-0.05, 0) is 0 Å². The lowest BCUT2D eigenvalue weighted by atomic mass is 10.4. The molecule has 0 aromatic carbocycles. The Morgan fingerprint density at radius 2 is 2.18 bits per heavy atom. The van der Waals surface area contributed by atoms with Gasteiger partial charge in [-0.15, -0.1) is 0 Å². The van der Waals surface area contributed by atoms with Gasteiger partial charge < -0.3 is 15.1 Å². The lowest BCUT2D eigenvalue weighted by Gasteiger charge is -2.03. The van der Waals surface area contributed by atoms with Gasteiger partial charge in [0, 0.05) is 7.05 Å². The largest absolute Gasteiger partial charge is 0.469 e. The number of carbonyl (C=O) groups is 1. The molecule has 0 saturated carbocycles. The van der Waals surface area contributed by atoms with Crippen LogP contribution >= 0.6 is 7.82 Å². The van der Waals surface area contributed by atoms with Crippen LogP contribution in [0.2, 0.25) is 0 Å². The van der Waals surface area contributed by atoms with E-state index in [1.165, 1.54) is 7.05 Å². The first-order chi connectivity index (χ1) is 4.95. The van der Waals surface area contributed by atoms with Gasteiger partial charge in [-0.1, -0.05) is 0 Å². The van der Waals surface area contributed by atoms with Crippen molar-refractivity contribution < 1.29 is 23.7 Å². The Hall–Kier alpha value is -0.420. The number of hydrogen-bond acceptors (Lipinski definition) is 3. The van der Waals surface area contributed by atoms with Crippen molar-refractivity contribution >= 4 is 13.7 Å². The zero-order valence-electron chi connectivity index (χ0n) is 5.98. The summed E-state index contributed by atoms with van der Waals surface area (Å²) in [6.45, 7) is -0.274. The van der Waals surface area contributed by atoms with Crippen molar-refractivity contribution in [2.75, 3.05) is 13.7 Å². The Labute approximate surface area is 63.8 Å². The highest BCUT2D eigenvalue weighted by molar-refractivity contribution is 7.46. The second kappa shape index (κ2) is 4.46. The first-order valence-electron chi connectivity index (χ1n) is 2.86. The lowest BCUT2D eigenvalue weighted by molar-refractivity contribution is -0.121. The number of rotatable bonds is 4. The van der Waals surface area contributed by atoms with Crippen LogP contribution in [0, 0.1) is 0 Å². The molecule has 0 atom stereocenters. The maximum atomic E-state index is 10.5. The van der Waals surface area contributed by atoms with Crippen molar-refractivity contribution in [3.8, 4) is 0 Å². The SMILES string of the molecule is CNC(=O)CCOP(=O)(O)O. The third-order valence-electron chi connectivity index (χ3n) is 0.867. The highest BCUT2D eigenvalue weighted by atomic mass is 31.2. The predicted octanol–water partition coefficient (Wildman–Crippen LogP) is -0.768. The monoisotopic (exact) mass is 183 g/mol. The Kier molecular flexibility index (Phi) is 4.29. The standard InChI is InChI=1S/C4H10NO5P/c1-5-4(6)2-3-10-11(7,8)9/h2-3H2,1H3,(H,5,6)(H2,7,8,9). The molecule has 0 aliphatic carbocycles. The molecule has 0 aromatic heterocycles. The molecule has 3 N–H and O–H groups in total. The summed E-state index contributed by atoms with van der Waals surface area (Å²) in [5.74, 6) is -0.321. The molecular weight excluding hydrogens is 173 g/mol. The molecule has 1 amide bonds. The topological polar surface area (TPSA) is 95.9 Å². The molecule has 0 radical (unpaired) electrons. The molecule has 0 saturated heterocycles. The summed E-state index contributed by atoms with van der Waals surface area (Å²) in [6, 6.07) is 0. The predicted molar refractivity (Wildman–Crippen MR) is 36.7 cm³/mol. The Morgan fingerprint density at radius 3 is 2.55 bits per heavy atom.